The Kier molecular flexibility index (Phi) is 46.7. The molecule has 0 spiro atoms. The summed E-state index contributed by atoms with van der Waals surface area (Å²) < 4.78 is 0. The predicted octanol–water partition coefficient (Wildman–Crippen LogP) is 18.1. The molecular weight excluding hydrogens is 585 g/mol. The van der Waals surface area contributed by atoms with Gasteiger partial charge in [0, 0.05) is 0 Å². The first-order chi connectivity index (χ1) is 23.4. The van der Waals surface area contributed by atoms with Gasteiger partial charge in [0.25, 0.3) is 0 Å². The van der Waals surface area contributed by atoms with Gasteiger partial charge in [-0.3, -0.25) is 0 Å². The molecule has 0 N–H and O–H groups in total. The molecule has 0 saturated carbocycles. The number of hydrogen-bond donors (Lipinski definition) is 0. The summed E-state index contributed by atoms with van der Waals surface area (Å²) in [6.45, 7) is 4.62. The minimum atomic E-state index is 1.37. The molecule has 284 valence electrons. The lowest BCUT2D eigenvalue weighted by Crippen LogP contribution is -1.87. The molecule has 1 heteroatoms. The summed E-state index contributed by atoms with van der Waals surface area (Å²) in [4.78, 5) is 0. The summed E-state index contributed by atoms with van der Waals surface area (Å²) in [6, 6.07) is 0. The fraction of sp³-hybridized carbons (Fsp3) is 1.00. The van der Waals surface area contributed by atoms with E-state index in [-0.39, 0.29) is 0 Å². The SMILES string of the molecule is CCCCCCCCCCCCCCCCCCCCCCCCCCCCSCCCCCCCCCCCCCCCCCC. The molecule has 0 aromatic heterocycles. The van der Waals surface area contributed by atoms with Crippen molar-refractivity contribution >= 4 is 11.8 Å². The van der Waals surface area contributed by atoms with E-state index in [9.17, 15) is 0 Å². The molecule has 0 bridgehead atoms. The van der Waals surface area contributed by atoms with E-state index in [0.29, 0.717) is 0 Å². The van der Waals surface area contributed by atoms with Crippen LogP contribution in [0.15, 0.2) is 0 Å². The predicted molar refractivity (Wildman–Crippen MR) is 223 cm³/mol. The van der Waals surface area contributed by atoms with E-state index >= 15 is 0 Å². The first-order valence-electron chi connectivity index (χ1n) is 23.0. The van der Waals surface area contributed by atoms with Gasteiger partial charge in [-0.1, -0.05) is 271 Å². The highest BCUT2D eigenvalue weighted by atomic mass is 32.2. The fourth-order valence-electron chi connectivity index (χ4n) is 7.37. The Hall–Kier alpha value is 0.350. The number of thioether (sulfide) groups is 1. The van der Waals surface area contributed by atoms with Gasteiger partial charge in [-0.2, -0.15) is 11.8 Å². The molecular formula is C46H94S. The van der Waals surface area contributed by atoms with Crippen molar-refractivity contribution in [1.82, 2.24) is 0 Å². The highest BCUT2D eigenvalue weighted by Crippen LogP contribution is 2.18. The molecule has 0 rings (SSSR count). The normalized spacial score (nSPS) is 11.6. The van der Waals surface area contributed by atoms with Crippen molar-refractivity contribution < 1.29 is 0 Å². The maximum atomic E-state index is 2.31. The van der Waals surface area contributed by atoms with Crippen LogP contribution in [0.25, 0.3) is 0 Å². The minimum Gasteiger partial charge on any atom is -0.162 e. The standard InChI is InChI=1S/C46H94S/c1-3-5-7-9-11-13-15-17-19-21-22-23-24-25-26-27-28-29-30-32-34-36-38-40-42-44-46-47-45-43-41-39-37-35-33-31-20-18-16-14-12-10-8-6-4-2/h3-46H2,1-2H3. The Morgan fingerprint density at radius 2 is 0.298 bits per heavy atom. The Bertz CT molecular complexity index is 457. The summed E-state index contributed by atoms with van der Waals surface area (Å²) >= 11 is 2.23. The molecule has 0 aromatic rings. The van der Waals surface area contributed by atoms with Gasteiger partial charge in [0.2, 0.25) is 0 Å². The third-order valence-electron chi connectivity index (χ3n) is 10.8. The van der Waals surface area contributed by atoms with Crippen LogP contribution < -0.4 is 0 Å². The molecule has 0 atom stereocenters. The van der Waals surface area contributed by atoms with Crippen molar-refractivity contribution in [2.24, 2.45) is 0 Å². The van der Waals surface area contributed by atoms with Crippen molar-refractivity contribution in [3.63, 3.8) is 0 Å². The molecule has 0 aromatic carbocycles. The van der Waals surface area contributed by atoms with Crippen molar-refractivity contribution in [1.29, 1.82) is 0 Å². The third kappa shape index (κ3) is 46.3. The second kappa shape index (κ2) is 46.4. The lowest BCUT2D eigenvalue weighted by molar-refractivity contribution is 0.516. The molecule has 47 heavy (non-hydrogen) atoms. The Labute approximate surface area is 305 Å². The second-order valence-electron chi connectivity index (χ2n) is 15.8. The zero-order valence-electron chi connectivity index (χ0n) is 33.5. The average molecular weight is 679 g/mol. The quantitative estimate of drug-likeness (QED) is 0.0578. The third-order valence-corrected chi connectivity index (χ3v) is 11.9. The van der Waals surface area contributed by atoms with Gasteiger partial charge in [-0.05, 0) is 24.3 Å². The van der Waals surface area contributed by atoms with E-state index < -0.39 is 0 Å². The van der Waals surface area contributed by atoms with Gasteiger partial charge >= 0.3 is 0 Å². The highest BCUT2D eigenvalue weighted by Gasteiger charge is 1.98. The van der Waals surface area contributed by atoms with Gasteiger partial charge in [-0.15, -0.1) is 0 Å². The number of unbranched alkanes of at least 4 members (excludes halogenated alkanes) is 40. The summed E-state index contributed by atoms with van der Waals surface area (Å²) in [6.07, 6.45) is 62.1. The second-order valence-corrected chi connectivity index (χ2v) is 17.0. The largest absolute Gasteiger partial charge is 0.162 e. The molecule has 0 aliphatic heterocycles. The van der Waals surface area contributed by atoms with Gasteiger partial charge < -0.3 is 0 Å². The van der Waals surface area contributed by atoms with Crippen LogP contribution in [-0.4, -0.2) is 11.5 Å². The molecule has 0 heterocycles. The van der Waals surface area contributed by atoms with E-state index in [1.54, 1.807) is 0 Å². The highest BCUT2D eigenvalue weighted by molar-refractivity contribution is 7.99. The summed E-state index contributed by atoms with van der Waals surface area (Å²) in [5.74, 6) is 2.83. The lowest BCUT2D eigenvalue weighted by atomic mass is 10.0. The monoisotopic (exact) mass is 679 g/mol. The topological polar surface area (TPSA) is 0 Å². The molecule has 0 saturated heterocycles. The Balaban J connectivity index is 3.03. The summed E-state index contributed by atoms with van der Waals surface area (Å²) in [7, 11) is 0. The van der Waals surface area contributed by atoms with Gasteiger partial charge in [0.1, 0.15) is 0 Å². The van der Waals surface area contributed by atoms with Crippen molar-refractivity contribution in [2.45, 2.75) is 284 Å². The van der Waals surface area contributed by atoms with Crippen LogP contribution in [0.4, 0.5) is 0 Å². The van der Waals surface area contributed by atoms with Crippen molar-refractivity contribution in [3.05, 3.63) is 0 Å². The molecule has 0 amide bonds. The molecule has 0 unspecified atom stereocenters. The van der Waals surface area contributed by atoms with Crippen LogP contribution in [0.5, 0.6) is 0 Å². The van der Waals surface area contributed by atoms with E-state index in [2.05, 4.69) is 25.6 Å². The number of hydrogen-bond acceptors (Lipinski definition) is 1. The maximum absolute atomic E-state index is 2.31. The minimum absolute atomic E-state index is 1.37. The first kappa shape index (κ1) is 47.4. The van der Waals surface area contributed by atoms with E-state index in [1.165, 1.54) is 281 Å². The summed E-state index contributed by atoms with van der Waals surface area (Å²) in [5, 5.41) is 0. The van der Waals surface area contributed by atoms with E-state index in [1.807, 2.05) is 0 Å². The van der Waals surface area contributed by atoms with Crippen LogP contribution >= 0.6 is 11.8 Å². The lowest BCUT2D eigenvalue weighted by Gasteiger charge is -2.05. The van der Waals surface area contributed by atoms with Gasteiger partial charge in [-0.25, -0.2) is 0 Å². The van der Waals surface area contributed by atoms with Crippen LogP contribution in [-0.2, 0) is 0 Å². The van der Waals surface area contributed by atoms with Crippen LogP contribution in [0, 0.1) is 0 Å². The molecule has 0 aliphatic carbocycles. The zero-order valence-corrected chi connectivity index (χ0v) is 34.3. The van der Waals surface area contributed by atoms with Crippen LogP contribution in [0.3, 0.4) is 0 Å². The maximum Gasteiger partial charge on any atom is -0.00675 e. The molecule has 0 radical (unpaired) electrons. The van der Waals surface area contributed by atoms with Gasteiger partial charge in [0.15, 0.2) is 0 Å². The molecule has 0 fully saturated rings. The Morgan fingerprint density at radius 1 is 0.170 bits per heavy atom. The molecule has 0 nitrogen and oxygen atoms in total. The smallest absolute Gasteiger partial charge is 0.00675 e. The first-order valence-corrected chi connectivity index (χ1v) is 24.1. The van der Waals surface area contributed by atoms with E-state index in [4.69, 9.17) is 0 Å². The van der Waals surface area contributed by atoms with Crippen molar-refractivity contribution in [3.8, 4) is 0 Å². The van der Waals surface area contributed by atoms with Crippen LogP contribution in [0.2, 0.25) is 0 Å². The van der Waals surface area contributed by atoms with Crippen LogP contribution in [0.1, 0.15) is 284 Å². The van der Waals surface area contributed by atoms with Crippen molar-refractivity contribution in [2.75, 3.05) is 11.5 Å². The van der Waals surface area contributed by atoms with E-state index in [0.717, 1.165) is 0 Å². The zero-order chi connectivity index (χ0) is 33.8. The summed E-state index contributed by atoms with van der Waals surface area (Å²) in [5.41, 5.74) is 0. The fourth-order valence-corrected chi connectivity index (χ4v) is 8.39. The average Bonchev–Trinajstić information content (AvgIpc) is 3.08. The Morgan fingerprint density at radius 3 is 0.447 bits per heavy atom. The van der Waals surface area contributed by atoms with Gasteiger partial charge in [0.05, 0.1) is 0 Å². The molecule has 0 aliphatic rings. The number of rotatable bonds is 44.